The lowest BCUT2D eigenvalue weighted by molar-refractivity contribution is -0.115. The van der Waals surface area contributed by atoms with Gasteiger partial charge in [-0.3, -0.25) is 9.59 Å². The number of aromatic nitrogens is 2. The van der Waals surface area contributed by atoms with Crippen LogP contribution in [0.3, 0.4) is 0 Å². The molecule has 1 unspecified atom stereocenters. The third-order valence-corrected chi connectivity index (χ3v) is 5.81. The number of aromatic amines is 1. The third kappa shape index (κ3) is 3.84. The van der Waals surface area contributed by atoms with Crippen LogP contribution in [-0.2, 0) is 22.7 Å². The highest BCUT2D eigenvalue weighted by Crippen LogP contribution is 2.28. The standard InChI is InChI=1S/C17H19N3O2S2/c1-3-11-4-6-12(7-5-11)18-15(21)10(2)24-17-19-14-9-23-8-13(14)16(22)20-17/h4-7,10H,3,8-9H2,1-2H3,(H,18,21)(H,19,20,22). The molecule has 2 aromatic rings. The molecule has 2 heterocycles. The van der Waals surface area contributed by atoms with Gasteiger partial charge in [-0.05, 0) is 31.0 Å². The van der Waals surface area contributed by atoms with E-state index in [9.17, 15) is 9.59 Å². The van der Waals surface area contributed by atoms with E-state index in [1.54, 1.807) is 11.8 Å². The van der Waals surface area contributed by atoms with Crippen LogP contribution in [0.5, 0.6) is 0 Å². The lowest BCUT2D eigenvalue weighted by atomic mass is 10.1. The summed E-state index contributed by atoms with van der Waals surface area (Å²) in [6.45, 7) is 3.90. The number of carbonyl (C=O) groups is 1. The number of anilines is 1. The molecule has 0 aliphatic carbocycles. The van der Waals surface area contributed by atoms with Crippen molar-refractivity contribution in [2.24, 2.45) is 0 Å². The number of nitrogens with zero attached hydrogens (tertiary/aromatic N) is 1. The molecule has 1 atom stereocenters. The molecule has 0 radical (unpaired) electrons. The highest BCUT2D eigenvalue weighted by atomic mass is 32.2. The van der Waals surface area contributed by atoms with Gasteiger partial charge in [0.25, 0.3) is 5.56 Å². The van der Waals surface area contributed by atoms with Gasteiger partial charge in [-0.25, -0.2) is 4.98 Å². The Morgan fingerprint density at radius 1 is 1.38 bits per heavy atom. The maximum atomic E-state index is 12.3. The molecule has 0 saturated heterocycles. The number of nitrogens with one attached hydrogen (secondary N) is 2. The van der Waals surface area contributed by atoms with Crippen LogP contribution in [-0.4, -0.2) is 21.1 Å². The van der Waals surface area contributed by atoms with Crippen LogP contribution >= 0.6 is 23.5 Å². The molecule has 5 nitrogen and oxygen atoms in total. The van der Waals surface area contributed by atoms with Crippen molar-refractivity contribution >= 4 is 35.1 Å². The maximum absolute atomic E-state index is 12.3. The Bertz CT molecular complexity index is 802. The molecule has 126 valence electrons. The summed E-state index contributed by atoms with van der Waals surface area (Å²) in [6.07, 6.45) is 0.968. The number of amides is 1. The summed E-state index contributed by atoms with van der Waals surface area (Å²) in [4.78, 5) is 31.6. The number of H-pyrrole nitrogens is 1. The molecule has 0 bridgehead atoms. The van der Waals surface area contributed by atoms with E-state index in [1.165, 1.54) is 17.3 Å². The van der Waals surface area contributed by atoms with Gasteiger partial charge >= 0.3 is 0 Å². The van der Waals surface area contributed by atoms with Crippen LogP contribution in [0.4, 0.5) is 5.69 Å². The summed E-state index contributed by atoms with van der Waals surface area (Å²) in [5.74, 6) is 1.37. The zero-order chi connectivity index (χ0) is 17.1. The number of thioether (sulfide) groups is 2. The number of benzene rings is 1. The topological polar surface area (TPSA) is 74.8 Å². The minimum atomic E-state index is -0.355. The highest BCUT2D eigenvalue weighted by molar-refractivity contribution is 8.00. The van der Waals surface area contributed by atoms with E-state index in [4.69, 9.17) is 0 Å². The molecule has 7 heteroatoms. The van der Waals surface area contributed by atoms with Crippen molar-refractivity contribution in [2.75, 3.05) is 5.32 Å². The second-order valence-corrected chi connectivity index (χ2v) is 7.90. The summed E-state index contributed by atoms with van der Waals surface area (Å²) in [5, 5.41) is 3.05. The van der Waals surface area contributed by atoms with Gasteiger partial charge in [-0.1, -0.05) is 30.8 Å². The molecule has 0 spiro atoms. The van der Waals surface area contributed by atoms with E-state index in [0.29, 0.717) is 10.9 Å². The van der Waals surface area contributed by atoms with Crippen molar-refractivity contribution in [1.29, 1.82) is 0 Å². The third-order valence-electron chi connectivity index (χ3n) is 3.85. The monoisotopic (exact) mass is 361 g/mol. The average molecular weight is 361 g/mol. The van der Waals surface area contributed by atoms with Gasteiger partial charge < -0.3 is 10.3 Å². The molecule has 1 amide bonds. The fraction of sp³-hybridized carbons (Fsp3) is 0.353. The fourth-order valence-electron chi connectivity index (χ4n) is 2.38. The summed E-state index contributed by atoms with van der Waals surface area (Å²) in [7, 11) is 0. The van der Waals surface area contributed by atoms with Crippen molar-refractivity contribution in [3.8, 4) is 0 Å². The Hall–Kier alpha value is -1.73. The van der Waals surface area contributed by atoms with Crippen LogP contribution < -0.4 is 10.9 Å². The van der Waals surface area contributed by atoms with Gasteiger partial charge in [-0.15, -0.1) is 0 Å². The Morgan fingerprint density at radius 2 is 2.12 bits per heavy atom. The number of aryl methyl sites for hydroxylation is 1. The highest BCUT2D eigenvalue weighted by Gasteiger charge is 2.21. The molecule has 3 rings (SSSR count). The number of hydrogen-bond acceptors (Lipinski definition) is 5. The Morgan fingerprint density at radius 3 is 2.83 bits per heavy atom. The summed E-state index contributed by atoms with van der Waals surface area (Å²) in [5.41, 5.74) is 3.52. The van der Waals surface area contributed by atoms with Gasteiger partial charge in [0.15, 0.2) is 5.16 Å². The van der Waals surface area contributed by atoms with E-state index < -0.39 is 0 Å². The van der Waals surface area contributed by atoms with Crippen molar-refractivity contribution in [3.05, 3.63) is 51.4 Å². The molecule has 24 heavy (non-hydrogen) atoms. The lowest BCUT2D eigenvalue weighted by Crippen LogP contribution is -2.23. The van der Waals surface area contributed by atoms with Crippen LogP contribution in [0.25, 0.3) is 0 Å². The largest absolute Gasteiger partial charge is 0.325 e. The predicted octanol–water partition coefficient (Wildman–Crippen LogP) is 3.20. The zero-order valence-corrected chi connectivity index (χ0v) is 15.2. The molecule has 2 N–H and O–H groups in total. The number of hydrogen-bond donors (Lipinski definition) is 2. The molecule has 0 fully saturated rings. The lowest BCUT2D eigenvalue weighted by Gasteiger charge is -2.12. The van der Waals surface area contributed by atoms with Crippen LogP contribution in [0, 0.1) is 0 Å². The van der Waals surface area contributed by atoms with Crippen molar-refractivity contribution in [3.63, 3.8) is 0 Å². The minimum Gasteiger partial charge on any atom is -0.325 e. The summed E-state index contributed by atoms with van der Waals surface area (Å²) >= 11 is 2.96. The van der Waals surface area contributed by atoms with Crippen LogP contribution in [0.2, 0.25) is 0 Å². The van der Waals surface area contributed by atoms with E-state index in [1.807, 2.05) is 31.2 Å². The van der Waals surface area contributed by atoms with E-state index >= 15 is 0 Å². The summed E-state index contributed by atoms with van der Waals surface area (Å²) < 4.78 is 0. The van der Waals surface area contributed by atoms with Crippen molar-refractivity contribution < 1.29 is 4.79 Å². The summed E-state index contributed by atoms with van der Waals surface area (Å²) in [6, 6.07) is 7.82. The SMILES string of the molecule is CCc1ccc(NC(=O)C(C)Sc2nc3c(c(=O)[nH]2)CSC3)cc1. The van der Waals surface area contributed by atoms with Crippen LogP contribution in [0.15, 0.2) is 34.2 Å². The molecule has 1 aliphatic heterocycles. The first-order valence-corrected chi connectivity index (χ1v) is 9.86. The molecule has 0 saturated carbocycles. The van der Waals surface area contributed by atoms with Gasteiger partial charge in [0.2, 0.25) is 5.91 Å². The molecule has 1 aromatic heterocycles. The Labute approximate surface area is 149 Å². The van der Waals surface area contributed by atoms with Gasteiger partial charge in [0.1, 0.15) is 0 Å². The first-order chi connectivity index (χ1) is 11.6. The van der Waals surface area contributed by atoms with E-state index in [-0.39, 0.29) is 16.7 Å². The first kappa shape index (κ1) is 17.1. The number of rotatable bonds is 5. The van der Waals surface area contributed by atoms with Crippen molar-refractivity contribution in [1.82, 2.24) is 9.97 Å². The molecular formula is C17H19N3O2S2. The fourth-order valence-corrected chi connectivity index (χ4v) is 4.24. The van der Waals surface area contributed by atoms with Gasteiger partial charge in [0.05, 0.1) is 10.9 Å². The molecule has 1 aromatic carbocycles. The normalized spacial score (nSPS) is 14.2. The second kappa shape index (κ2) is 7.44. The average Bonchev–Trinajstić information content (AvgIpc) is 3.04. The minimum absolute atomic E-state index is 0.0877. The molecular weight excluding hydrogens is 342 g/mol. The Kier molecular flexibility index (Phi) is 5.30. The van der Waals surface area contributed by atoms with Gasteiger partial charge in [-0.2, -0.15) is 11.8 Å². The Balaban J connectivity index is 1.65. The van der Waals surface area contributed by atoms with Gasteiger partial charge in [0, 0.05) is 22.8 Å². The number of fused-ring (bicyclic) bond motifs is 1. The molecule has 1 aliphatic rings. The second-order valence-electron chi connectivity index (χ2n) is 5.59. The quantitative estimate of drug-likeness (QED) is 0.632. The number of carbonyl (C=O) groups excluding carboxylic acids is 1. The predicted molar refractivity (Wildman–Crippen MR) is 99.6 cm³/mol. The maximum Gasteiger partial charge on any atom is 0.255 e. The smallest absolute Gasteiger partial charge is 0.255 e. The van der Waals surface area contributed by atoms with Crippen molar-refractivity contribution in [2.45, 2.75) is 42.2 Å². The van der Waals surface area contributed by atoms with Crippen LogP contribution in [0.1, 0.15) is 30.7 Å². The zero-order valence-electron chi connectivity index (χ0n) is 13.6. The van der Waals surface area contributed by atoms with E-state index in [2.05, 4.69) is 22.2 Å². The first-order valence-electron chi connectivity index (χ1n) is 7.83. The van der Waals surface area contributed by atoms with E-state index in [0.717, 1.165) is 29.1 Å².